The minimum atomic E-state index is 0.731. The van der Waals surface area contributed by atoms with Crippen LogP contribution in [-0.4, -0.2) is 0 Å². The molecule has 1 aromatic carbocycles. The second-order valence-corrected chi connectivity index (χ2v) is 2.52. The van der Waals surface area contributed by atoms with Gasteiger partial charge in [0.15, 0.2) is 0 Å². The standard InChI is InChI=1S/C8H8Cl/c1-6-3-4-7(2)8(9)5-6/h3-4H,1-2H3. The van der Waals surface area contributed by atoms with Gasteiger partial charge in [-0.25, -0.2) is 0 Å². The van der Waals surface area contributed by atoms with Crippen molar-refractivity contribution in [3.63, 3.8) is 0 Å². The fourth-order valence-corrected chi connectivity index (χ4v) is 0.849. The maximum atomic E-state index is 5.76. The second-order valence-electron chi connectivity index (χ2n) is 2.14. The van der Waals surface area contributed by atoms with Crippen LogP contribution >= 0.6 is 11.6 Å². The fraction of sp³-hybridized carbons (Fsp3) is 0.250. The minimum absolute atomic E-state index is 0.731. The van der Waals surface area contributed by atoms with Gasteiger partial charge < -0.3 is 0 Å². The van der Waals surface area contributed by atoms with Gasteiger partial charge in [0.05, 0.1) is 5.02 Å². The second kappa shape index (κ2) is 2.40. The molecule has 0 amide bonds. The molecular weight excluding hydrogens is 132 g/mol. The molecule has 0 N–H and O–H groups in total. The van der Waals surface area contributed by atoms with Crippen molar-refractivity contribution in [3.8, 4) is 0 Å². The van der Waals surface area contributed by atoms with Crippen molar-refractivity contribution >= 4 is 11.6 Å². The van der Waals surface area contributed by atoms with Gasteiger partial charge in [0, 0.05) is 6.07 Å². The van der Waals surface area contributed by atoms with E-state index < -0.39 is 0 Å². The van der Waals surface area contributed by atoms with Crippen LogP contribution < -0.4 is 0 Å². The largest absolute Gasteiger partial charge is 0.0834 e. The van der Waals surface area contributed by atoms with Crippen LogP contribution in [0.2, 0.25) is 5.02 Å². The van der Waals surface area contributed by atoms with Gasteiger partial charge in [0.2, 0.25) is 0 Å². The van der Waals surface area contributed by atoms with E-state index in [0.717, 1.165) is 16.1 Å². The summed E-state index contributed by atoms with van der Waals surface area (Å²) in [5.41, 5.74) is 2.17. The van der Waals surface area contributed by atoms with Gasteiger partial charge in [0.25, 0.3) is 0 Å². The van der Waals surface area contributed by atoms with E-state index in [4.69, 9.17) is 11.6 Å². The molecule has 0 saturated heterocycles. The normalized spacial score (nSPS) is 9.67. The third kappa shape index (κ3) is 1.46. The average Bonchev–Trinajstić information content (AvgIpc) is 1.80. The van der Waals surface area contributed by atoms with Crippen LogP contribution in [0.1, 0.15) is 11.1 Å². The maximum absolute atomic E-state index is 5.76. The van der Waals surface area contributed by atoms with E-state index in [0.29, 0.717) is 0 Å². The van der Waals surface area contributed by atoms with E-state index in [1.807, 2.05) is 26.0 Å². The zero-order valence-corrected chi connectivity index (χ0v) is 6.29. The Labute approximate surface area is 60.5 Å². The zero-order valence-electron chi connectivity index (χ0n) is 5.53. The summed E-state index contributed by atoms with van der Waals surface area (Å²) in [6.45, 7) is 3.95. The third-order valence-corrected chi connectivity index (χ3v) is 1.63. The summed E-state index contributed by atoms with van der Waals surface area (Å²) in [5, 5.41) is 0.731. The van der Waals surface area contributed by atoms with Gasteiger partial charge in [0.1, 0.15) is 0 Å². The molecule has 0 fully saturated rings. The SMILES string of the molecule is Cc1[c]c(Cl)c(C)cc1. The van der Waals surface area contributed by atoms with Crippen LogP contribution in [0.3, 0.4) is 0 Å². The molecule has 0 saturated carbocycles. The molecule has 0 aliphatic rings. The van der Waals surface area contributed by atoms with E-state index in [1.165, 1.54) is 0 Å². The summed E-state index contributed by atoms with van der Waals surface area (Å²) < 4.78 is 0. The summed E-state index contributed by atoms with van der Waals surface area (Å²) in [7, 11) is 0. The topological polar surface area (TPSA) is 0 Å². The van der Waals surface area contributed by atoms with Crippen LogP contribution in [0.15, 0.2) is 12.1 Å². The smallest absolute Gasteiger partial charge is 0.0516 e. The van der Waals surface area contributed by atoms with Crippen LogP contribution in [0.5, 0.6) is 0 Å². The van der Waals surface area contributed by atoms with Crippen molar-refractivity contribution in [2.24, 2.45) is 0 Å². The zero-order chi connectivity index (χ0) is 6.85. The van der Waals surface area contributed by atoms with Crippen molar-refractivity contribution in [2.45, 2.75) is 13.8 Å². The Hall–Kier alpha value is -0.490. The van der Waals surface area contributed by atoms with Gasteiger partial charge in [-0.15, -0.1) is 0 Å². The number of halogens is 1. The first kappa shape index (κ1) is 6.63. The van der Waals surface area contributed by atoms with Crippen molar-refractivity contribution in [1.82, 2.24) is 0 Å². The predicted molar refractivity (Wildman–Crippen MR) is 39.8 cm³/mol. The maximum Gasteiger partial charge on any atom is 0.0516 e. The summed E-state index contributed by atoms with van der Waals surface area (Å²) in [6, 6.07) is 7.00. The molecule has 0 aliphatic carbocycles. The molecule has 0 spiro atoms. The summed E-state index contributed by atoms with van der Waals surface area (Å²) >= 11 is 5.76. The van der Waals surface area contributed by atoms with Gasteiger partial charge in [-0.05, 0) is 25.0 Å². The first-order valence-electron chi connectivity index (χ1n) is 2.85. The van der Waals surface area contributed by atoms with Gasteiger partial charge >= 0.3 is 0 Å². The molecule has 0 bridgehead atoms. The Balaban J connectivity index is 3.17. The first-order valence-corrected chi connectivity index (χ1v) is 3.23. The number of aryl methyl sites for hydroxylation is 2. The molecular formula is C8H8Cl. The monoisotopic (exact) mass is 139 g/mol. The number of hydrogen-bond acceptors (Lipinski definition) is 0. The summed E-state index contributed by atoms with van der Waals surface area (Å²) in [5.74, 6) is 0. The van der Waals surface area contributed by atoms with E-state index >= 15 is 0 Å². The van der Waals surface area contributed by atoms with Crippen molar-refractivity contribution in [2.75, 3.05) is 0 Å². The van der Waals surface area contributed by atoms with E-state index in [-0.39, 0.29) is 0 Å². The van der Waals surface area contributed by atoms with Crippen molar-refractivity contribution in [3.05, 3.63) is 34.3 Å². The first-order chi connectivity index (χ1) is 4.20. The Morgan fingerprint density at radius 2 is 2.00 bits per heavy atom. The molecule has 0 heterocycles. The molecule has 1 radical (unpaired) electrons. The molecule has 0 aliphatic heterocycles. The number of benzene rings is 1. The number of hydrogen-bond donors (Lipinski definition) is 0. The molecule has 0 atom stereocenters. The predicted octanol–water partition coefficient (Wildman–Crippen LogP) is 2.76. The molecule has 1 aromatic rings. The van der Waals surface area contributed by atoms with E-state index in [1.54, 1.807) is 0 Å². The molecule has 9 heavy (non-hydrogen) atoms. The molecule has 1 rings (SSSR count). The highest BCUT2D eigenvalue weighted by molar-refractivity contribution is 6.31. The van der Waals surface area contributed by atoms with Crippen LogP contribution in [-0.2, 0) is 0 Å². The molecule has 0 unspecified atom stereocenters. The highest BCUT2D eigenvalue weighted by Crippen LogP contribution is 2.14. The summed E-state index contributed by atoms with van der Waals surface area (Å²) in [4.78, 5) is 0. The minimum Gasteiger partial charge on any atom is -0.0834 e. The van der Waals surface area contributed by atoms with Gasteiger partial charge in [-0.3, -0.25) is 0 Å². The molecule has 1 heteroatoms. The van der Waals surface area contributed by atoms with Gasteiger partial charge in [-0.1, -0.05) is 23.7 Å². The summed E-state index contributed by atoms with van der Waals surface area (Å²) in [6.07, 6.45) is 0. The average molecular weight is 140 g/mol. The Kier molecular flexibility index (Phi) is 1.77. The lowest BCUT2D eigenvalue weighted by atomic mass is 10.2. The quantitative estimate of drug-likeness (QED) is 0.519. The molecule has 0 aromatic heterocycles. The lowest BCUT2D eigenvalue weighted by Gasteiger charge is -1.95. The Morgan fingerprint density at radius 3 is 2.44 bits per heavy atom. The van der Waals surface area contributed by atoms with E-state index in [2.05, 4.69) is 6.07 Å². The third-order valence-electron chi connectivity index (χ3n) is 1.24. The van der Waals surface area contributed by atoms with Crippen LogP contribution in [0.4, 0.5) is 0 Å². The lowest BCUT2D eigenvalue weighted by molar-refractivity contribution is 1.39. The lowest BCUT2D eigenvalue weighted by Crippen LogP contribution is -1.76. The fourth-order valence-electron chi connectivity index (χ4n) is 0.637. The van der Waals surface area contributed by atoms with Crippen LogP contribution in [0, 0.1) is 19.9 Å². The Bertz CT molecular complexity index is 216. The van der Waals surface area contributed by atoms with Crippen molar-refractivity contribution in [1.29, 1.82) is 0 Å². The highest BCUT2D eigenvalue weighted by atomic mass is 35.5. The molecule has 47 valence electrons. The number of rotatable bonds is 0. The van der Waals surface area contributed by atoms with Crippen molar-refractivity contribution < 1.29 is 0 Å². The highest BCUT2D eigenvalue weighted by Gasteiger charge is 1.92. The van der Waals surface area contributed by atoms with Crippen LogP contribution in [0.25, 0.3) is 0 Å². The van der Waals surface area contributed by atoms with E-state index in [9.17, 15) is 0 Å². The van der Waals surface area contributed by atoms with Gasteiger partial charge in [-0.2, -0.15) is 0 Å². The molecule has 0 nitrogen and oxygen atoms in total. The Morgan fingerprint density at radius 1 is 1.33 bits per heavy atom.